The Morgan fingerprint density at radius 1 is 1.40 bits per heavy atom. The molecule has 0 aromatic heterocycles. The fourth-order valence-electron chi connectivity index (χ4n) is 2.89. The predicted octanol–water partition coefficient (Wildman–Crippen LogP) is 0.876. The fourth-order valence-corrected chi connectivity index (χ4v) is 4.18. The van der Waals surface area contributed by atoms with Gasteiger partial charge in [0.05, 0.1) is 35.9 Å². The van der Waals surface area contributed by atoms with Crippen LogP contribution in [0, 0.1) is 0 Å². The van der Waals surface area contributed by atoms with Crippen molar-refractivity contribution in [2.75, 3.05) is 12.8 Å². The first kappa shape index (κ1) is 13.7. The van der Waals surface area contributed by atoms with Gasteiger partial charge in [-0.2, -0.15) is 0 Å². The van der Waals surface area contributed by atoms with Crippen molar-refractivity contribution < 1.29 is 17.9 Å². The fraction of sp³-hybridized carbons (Fsp3) is 0.538. The summed E-state index contributed by atoms with van der Waals surface area (Å²) in [5.74, 6) is 0.358. The van der Waals surface area contributed by atoms with Crippen LogP contribution in [0.1, 0.15) is 19.3 Å². The molecule has 110 valence electrons. The predicted molar refractivity (Wildman–Crippen MR) is 74.0 cm³/mol. The Kier molecular flexibility index (Phi) is 3.35. The standard InChI is InChI=1S/C13H18N2O4S/c1-18-13-7-9(3-4-10(13)14)20(16,17)15-11-6-8-2-5-12(11)19-8/h3-4,7-8,11-12,15H,2,5-6,14H2,1H3. The monoisotopic (exact) mass is 298 g/mol. The first-order valence-electron chi connectivity index (χ1n) is 6.61. The molecule has 3 N–H and O–H groups in total. The second kappa shape index (κ2) is 4.91. The van der Waals surface area contributed by atoms with Gasteiger partial charge < -0.3 is 15.2 Å². The molecule has 2 heterocycles. The number of anilines is 1. The number of ether oxygens (including phenoxy) is 2. The lowest BCUT2D eigenvalue weighted by Gasteiger charge is -2.20. The van der Waals surface area contributed by atoms with E-state index in [-0.39, 0.29) is 23.1 Å². The van der Waals surface area contributed by atoms with Gasteiger partial charge in [-0.25, -0.2) is 13.1 Å². The molecule has 0 amide bonds. The maximum absolute atomic E-state index is 12.4. The summed E-state index contributed by atoms with van der Waals surface area (Å²) in [7, 11) is -2.12. The van der Waals surface area contributed by atoms with E-state index in [0.717, 1.165) is 19.3 Å². The van der Waals surface area contributed by atoms with Crippen molar-refractivity contribution in [3.05, 3.63) is 18.2 Å². The van der Waals surface area contributed by atoms with Crippen LogP contribution in [0.15, 0.2) is 23.1 Å². The highest BCUT2D eigenvalue weighted by atomic mass is 32.2. The van der Waals surface area contributed by atoms with E-state index in [0.29, 0.717) is 11.4 Å². The quantitative estimate of drug-likeness (QED) is 0.805. The van der Waals surface area contributed by atoms with Gasteiger partial charge in [-0.15, -0.1) is 0 Å². The van der Waals surface area contributed by atoms with Crippen molar-refractivity contribution in [3.8, 4) is 5.75 Å². The van der Waals surface area contributed by atoms with Gasteiger partial charge in [0.2, 0.25) is 10.0 Å². The SMILES string of the molecule is COc1cc(S(=O)(=O)NC2CC3CCC2O3)ccc1N. The molecular weight excluding hydrogens is 280 g/mol. The number of rotatable bonds is 4. The van der Waals surface area contributed by atoms with Crippen molar-refractivity contribution in [3.63, 3.8) is 0 Å². The average Bonchev–Trinajstić information content (AvgIpc) is 3.00. The van der Waals surface area contributed by atoms with Crippen LogP contribution in [0.2, 0.25) is 0 Å². The zero-order valence-electron chi connectivity index (χ0n) is 11.2. The minimum Gasteiger partial charge on any atom is -0.495 e. The van der Waals surface area contributed by atoms with E-state index >= 15 is 0 Å². The second-order valence-electron chi connectivity index (χ2n) is 5.24. The third kappa shape index (κ3) is 2.36. The van der Waals surface area contributed by atoms with Gasteiger partial charge in [0, 0.05) is 6.07 Å². The lowest BCUT2D eigenvalue weighted by Crippen LogP contribution is -2.41. The molecular formula is C13H18N2O4S. The summed E-state index contributed by atoms with van der Waals surface area (Å²) < 4.78 is 38.2. The topological polar surface area (TPSA) is 90.7 Å². The molecule has 3 rings (SSSR count). The van der Waals surface area contributed by atoms with E-state index in [4.69, 9.17) is 15.2 Å². The third-order valence-electron chi connectivity index (χ3n) is 3.93. The number of nitrogen functional groups attached to an aromatic ring is 1. The molecule has 1 aromatic rings. The van der Waals surface area contributed by atoms with Crippen molar-refractivity contribution in [2.45, 2.75) is 42.4 Å². The molecule has 2 aliphatic rings. The van der Waals surface area contributed by atoms with Crippen molar-refractivity contribution >= 4 is 15.7 Å². The third-order valence-corrected chi connectivity index (χ3v) is 5.42. The summed E-state index contributed by atoms with van der Waals surface area (Å²) >= 11 is 0. The number of nitrogens with two attached hydrogens (primary N) is 1. The van der Waals surface area contributed by atoms with Crippen molar-refractivity contribution in [2.24, 2.45) is 0 Å². The van der Waals surface area contributed by atoms with Crippen LogP contribution in [0.25, 0.3) is 0 Å². The first-order chi connectivity index (χ1) is 9.49. The number of hydrogen-bond acceptors (Lipinski definition) is 5. The number of fused-ring (bicyclic) bond motifs is 2. The molecule has 3 atom stereocenters. The molecule has 20 heavy (non-hydrogen) atoms. The Morgan fingerprint density at radius 3 is 2.80 bits per heavy atom. The Balaban J connectivity index is 1.81. The van der Waals surface area contributed by atoms with Crippen LogP contribution in [-0.2, 0) is 14.8 Å². The lowest BCUT2D eigenvalue weighted by molar-refractivity contribution is 0.0996. The Morgan fingerprint density at radius 2 is 2.20 bits per heavy atom. The van der Waals surface area contributed by atoms with Gasteiger partial charge in [-0.05, 0) is 31.4 Å². The van der Waals surface area contributed by atoms with Gasteiger partial charge >= 0.3 is 0 Å². The van der Waals surface area contributed by atoms with Crippen LogP contribution >= 0.6 is 0 Å². The molecule has 2 aliphatic heterocycles. The number of sulfonamides is 1. The summed E-state index contributed by atoms with van der Waals surface area (Å²) in [6, 6.07) is 4.31. The highest BCUT2D eigenvalue weighted by molar-refractivity contribution is 7.89. The zero-order chi connectivity index (χ0) is 14.3. The number of hydrogen-bond donors (Lipinski definition) is 2. The van der Waals surface area contributed by atoms with Gasteiger partial charge in [0.15, 0.2) is 0 Å². The summed E-state index contributed by atoms with van der Waals surface area (Å²) in [6.07, 6.45) is 2.90. The van der Waals surface area contributed by atoms with Crippen molar-refractivity contribution in [1.29, 1.82) is 0 Å². The van der Waals surface area contributed by atoms with E-state index < -0.39 is 10.0 Å². The molecule has 2 fully saturated rings. The van der Waals surface area contributed by atoms with Gasteiger partial charge in [0.1, 0.15) is 5.75 Å². The number of methoxy groups -OCH3 is 1. The average molecular weight is 298 g/mol. The molecule has 1 aromatic carbocycles. The van der Waals surface area contributed by atoms with Crippen LogP contribution in [0.5, 0.6) is 5.75 Å². The van der Waals surface area contributed by atoms with E-state index in [2.05, 4.69) is 4.72 Å². The summed E-state index contributed by atoms with van der Waals surface area (Å²) in [5, 5.41) is 0. The maximum Gasteiger partial charge on any atom is 0.241 e. The van der Waals surface area contributed by atoms with Crippen LogP contribution < -0.4 is 15.2 Å². The maximum atomic E-state index is 12.4. The normalized spacial score (nSPS) is 28.8. The number of benzene rings is 1. The van der Waals surface area contributed by atoms with Crippen LogP contribution in [0.4, 0.5) is 5.69 Å². The van der Waals surface area contributed by atoms with Gasteiger partial charge in [0.25, 0.3) is 0 Å². The smallest absolute Gasteiger partial charge is 0.241 e. The minimum atomic E-state index is -3.58. The van der Waals surface area contributed by atoms with Gasteiger partial charge in [-0.1, -0.05) is 0 Å². The van der Waals surface area contributed by atoms with E-state index in [1.165, 1.54) is 25.3 Å². The largest absolute Gasteiger partial charge is 0.495 e. The molecule has 2 saturated heterocycles. The van der Waals surface area contributed by atoms with Crippen LogP contribution in [0.3, 0.4) is 0 Å². The lowest BCUT2D eigenvalue weighted by atomic mass is 9.96. The Bertz CT molecular complexity index is 617. The van der Waals surface area contributed by atoms with Crippen LogP contribution in [-0.4, -0.2) is 33.8 Å². The second-order valence-corrected chi connectivity index (χ2v) is 6.96. The van der Waals surface area contributed by atoms with Gasteiger partial charge in [-0.3, -0.25) is 0 Å². The highest BCUT2D eigenvalue weighted by Gasteiger charge is 2.42. The van der Waals surface area contributed by atoms with E-state index in [1.54, 1.807) is 0 Å². The van der Waals surface area contributed by atoms with Crippen molar-refractivity contribution in [1.82, 2.24) is 4.72 Å². The van der Waals surface area contributed by atoms with E-state index in [9.17, 15) is 8.42 Å². The zero-order valence-corrected chi connectivity index (χ0v) is 12.0. The minimum absolute atomic E-state index is 0.00505. The Hall–Kier alpha value is -1.31. The molecule has 0 radical (unpaired) electrons. The summed E-state index contributed by atoms with van der Waals surface area (Å²) in [5.41, 5.74) is 6.11. The van der Waals surface area contributed by atoms with E-state index in [1.807, 2.05) is 0 Å². The molecule has 0 saturated carbocycles. The molecule has 3 unspecified atom stereocenters. The summed E-state index contributed by atoms with van der Waals surface area (Å²) in [4.78, 5) is 0.159. The highest BCUT2D eigenvalue weighted by Crippen LogP contribution is 2.35. The molecule has 0 spiro atoms. The Labute approximate surface area is 118 Å². The molecule has 0 aliphatic carbocycles. The number of nitrogens with one attached hydrogen (secondary N) is 1. The molecule has 7 heteroatoms. The first-order valence-corrected chi connectivity index (χ1v) is 8.09. The molecule has 6 nitrogen and oxygen atoms in total. The molecule has 2 bridgehead atoms. The summed E-state index contributed by atoms with van der Waals surface area (Å²) in [6.45, 7) is 0.